The van der Waals surface area contributed by atoms with Gasteiger partial charge in [-0.1, -0.05) is 19.9 Å². The Hall–Kier alpha value is -1.49. The number of carbonyl (C=O) groups is 1. The first-order valence-electron chi connectivity index (χ1n) is 6.69. The van der Waals surface area contributed by atoms with Crippen molar-refractivity contribution in [1.29, 1.82) is 0 Å². The van der Waals surface area contributed by atoms with Gasteiger partial charge in [0.1, 0.15) is 17.2 Å². The van der Waals surface area contributed by atoms with E-state index >= 15 is 0 Å². The number of halogens is 2. The summed E-state index contributed by atoms with van der Waals surface area (Å²) < 4.78 is 32.9. The van der Waals surface area contributed by atoms with Gasteiger partial charge in [0.2, 0.25) is 0 Å². The van der Waals surface area contributed by atoms with Gasteiger partial charge in [-0.25, -0.2) is 13.6 Å². The van der Waals surface area contributed by atoms with Crippen LogP contribution in [0.3, 0.4) is 0 Å². The minimum atomic E-state index is -1.55. The summed E-state index contributed by atoms with van der Waals surface area (Å²) in [4.78, 5) is 12.2. The van der Waals surface area contributed by atoms with Gasteiger partial charge >= 0.3 is 5.97 Å². The predicted octanol–water partition coefficient (Wildman–Crippen LogP) is 2.99. The summed E-state index contributed by atoms with van der Waals surface area (Å²) in [5.74, 6) is -2.00. The number of ether oxygens (including phenoxy) is 1. The number of nitrogens with one attached hydrogen (secondary N) is 1. The molecule has 1 unspecified atom stereocenters. The highest BCUT2D eigenvalue weighted by Gasteiger charge is 2.41. The lowest BCUT2D eigenvalue weighted by atomic mass is 9.90. The Labute approximate surface area is 118 Å². The average Bonchev–Trinajstić information content (AvgIpc) is 2.36. The fourth-order valence-corrected chi connectivity index (χ4v) is 1.92. The minimum absolute atomic E-state index is 0.147. The lowest BCUT2D eigenvalue weighted by Gasteiger charge is -2.30. The van der Waals surface area contributed by atoms with Gasteiger partial charge < -0.3 is 4.74 Å². The van der Waals surface area contributed by atoms with E-state index in [0.717, 1.165) is 12.1 Å². The second-order valence-electron chi connectivity index (χ2n) is 5.22. The molecule has 0 aliphatic carbocycles. The van der Waals surface area contributed by atoms with Gasteiger partial charge in [-0.3, -0.25) is 5.32 Å². The molecule has 1 atom stereocenters. The molecule has 0 aliphatic rings. The van der Waals surface area contributed by atoms with Crippen molar-refractivity contribution >= 4 is 5.97 Å². The molecule has 1 N–H and O–H groups in total. The van der Waals surface area contributed by atoms with E-state index in [0.29, 0.717) is 6.54 Å². The maximum Gasteiger partial charge on any atom is 0.330 e. The van der Waals surface area contributed by atoms with Crippen LogP contribution in [0.15, 0.2) is 18.2 Å². The first-order chi connectivity index (χ1) is 9.32. The standard InChI is InChI=1S/C15H21F2NO2/c1-5-20-14(19)15(4,18-9-10(2)3)13-11(16)7-6-8-12(13)17/h6-8,10,18H,5,9H2,1-4H3. The zero-order valence-corrected chi connectivity index (χ0v) is 12.3. The van der Waals surface area contributed by atoms with Gasteiger partial charge in [0, 0.05) is 0 Å². The number of hydrogen-bond donors (Lipinski definition) is 1. The molecule has 0 fully saturated rings. The molecule has 0 heterocycles. The molecule has 0 radical (unpaired) electrons. The monoisotopic (exact) mass is 285 g/mol. The zero-order valence-electron chi connectivity index (χ0n) is 12.3. The lowest BCUT2D eigenvalue weighted by molar-refractivity contribution is -0.151. The third kappa shape index (κ3) is 3.54. The normalized spacial score (nSPS) is 14.2. The van der Waals surface area contributed by atoms with Crippen LogP contribution in [0.5, 0.6) is 0 Å². The fourth-order valence-electron chi connectivity index (χ4n) is 1.92. The molecular formula is C15H21F2NO2. The van der Waals surface area contributed by atoms with Crippen molar-refractivity contribution in [3.8, 4) is 0 Å². The number of rotatable bonds is 6. The molecule has 0 spiro atoms. The SMILES string of the molecule is CCOC(=O)C(C)(NCC(C)C)c1c(F)cccc1F. The predicted molar refractivity (Wildman–Crippen MR) is 73.2 cm³/mol. The van der Waals surface area contributed by atoms with Crippen LogP contribution in [-0.2, 0) is 15.1 Å². The topological polar surface area (TPSA) is 38.3 Å². The van der Waals surface area contributed by atoms with Crippen molar-refractivity contribution in [3.63, 3.8) is 0 Å². The van der Waals surface area contributed by atoms with Crippen molar-refractivity contribution in [2.75, 3.05) is 13.2 Å². The van der Waals surface area contributed by atoms with Gasteiger partial charge in [-0.2, -0.15) is 0 Å². The average molecular weight is 285 g/mol. The van der Waals surface area contributed by atoms with Crippen molar-refractivity contribution in [2.24, 2.45) is 5.92 Å². The summed E-state index contributed by atoms with van der Waals surface area (Å²) in [6.07, 6.45) is 0. The van der Waals surface area contributed by atoms with Crippen LogP contribution >= 0.6 is 0 Å². The summed E-state index contributed by atoms with van der Waals surface area (Å²) in [5, 5.41) is 2.92. The molecule has 0 aromatic heterocycles. The Bertz CT molecular complexity index is 457. The third-order valence-corrected chi connectivity index (χ3v) is 3.01. The van der Waals surface area contributed by atoms with Gasteiger partial charge in [-0.15, -0.1) is 0 Å². The largest absolute Gasteiger partial charge is 0.464 e. The first-order valence-corrected chi connectivity index (χ1v) is 6.69. The molecule has 20 heavy (non-hydrogen) atoms. The summed E-state index contributed by atoms with van der Waals surface area (Å²) in [6.45, 7) is 7.55. The maximum atomic E-state index is 14.0. The van der Waals surface area contributed by atoms with E-state index < -0.39 is 23.1 Å². The smallest absolute Gasteiger partial charge is 0.330 e. The minimum Gasteiger partial charge on any atom is -0.464 e. The van der Waals surface area contributed by atoms with Gasteiger partial charge in [0.05, 0.1) is 12.2 Å². The van der Waals surface area contributed by atoms with Crippen LogP contribution in [0.4, 0.5) is 8.78 Å². The van der Waals surface area contributed by atoms with E-state index in [1.54, 1.807) is 6.92 Å². The fraction of sp³-hybridized carbons (Fsp3) is 0.533. The quantitative estimate of drug-likeness (QED) is 0.817. The summed E-state index contributed by atoms with van der Waals surface area (Å²) in [5.41, 5.74) is -1.85. The molecule has 5 heteroatoms. The second-order valence-corrected chi connectivity index (χ2v) is 5.22. The van der Waals surface area contributed by atoms with Gasteiger partial charge in [-0.05, 0) is 38.4 Å². The van der Waals surface area contributed by atoms with Crippen LogP contribution in [0.2, 0.25) is 0 Å². The molecular weight excluding hydrogens is 264 g/mol. The summed E-state index contributed by atoms with van der Waals surface area (Å²) >= 11 is 0. The molecule has 1 aromatic carbocycles. The highest BCUT2D eigenvalue weighted by molar-refractivity contribution is 5.82. The molecule has 0 saturated carbocycles. The van der Waals surface area contributed by atoms with Crippen LogP contribution < -0.4 is 5.32 Å². The number of hydrogen-bond acceptors (Lipinski definition) is 3. The number of carbonyl (C=O) groups excluding carboxylic acids is 1. The van der Waals surface area contributed by atoms with Crippen molar-refractivity contribution in [2.45, 2.75) is 33.2 Å². The molecule has 1 aromatic rings. The van der Waals surface area contributed by atoms with Gasteiger partial charge in [0.15, 0.2) is 0 Å². The summed E-state index contributed by atoms with van der Waals surface area (Å²) in [7, 11) is 0. The molecule has 0 bridgehead atoms. The van der Waals surface area contributed by atoms with E-state index in [4.69, 9.17) is 4.74 Å². The highest BCUT2D eigenvalue weighted by Crippen LogP contribution is 2.28. The maximum absolute atomic E-state index is 14.0. The van der Waals surface area contributed by atoms with Crippen molar-refractivity contribution < 1.29 is 18.3 Å². The Kier molecular flexibility index (Phi) is 5.62. The molecule has 0 saturated heterocycles. The zero-order chi connectivity index (χ0) is 15.3. The third-order valence-electron chi connectivity index (χ3n) is 3.01. The Morgan fingerprint density at radius 3 is 2.35 bits per heavy atom. The van der Waals surface area contributed by atoms with Crippen molar-refractivity contribution in [1.82, 2.24) is 5.32 Å². The van der Waals surface area contributed by atoms with E-state index in [1.807, 2.05) is 13.8 Å². The molecule has 0 amide bonds. The van der Waals surface area contributed by atoms with Crippen LogP contribution in [0.1, 0.15) is 33.3 Å². The molecule has 0 aliphatic heterocycles. The Morgan fingerprint density at radius 2 is 1.90 bits per heavy atom. The first kappa shape index (κ1) is 16.6. The molecule has 112 valence electrons. The number of esters is 1. The van der Waals surface area contributed by atoms with Crippen LogP contribution in [-0.4, -0.2) is 19.1 Å². The summed E-state index contributed by atoms with van der Waals surface area (Å²) in [6, 6.07) is 3.53. The van der Waals surface area contributed by atoms with Crippen LogP contribution in [0, 0.1) is 17.6 Å². The van der Waals surface area contributed by atoms with E-state index in [-0.39, 0.29) is 18.1 Å². The Morgan fingerprint density at radius 1 is 1.35 bits per heavy atom. The second kappa shape index (κ2) is 6.79. The number of benzene rings is 1. The highest BCUT2D eigenvalue weighted by atomic mass is 19.1. The van der Waals surface area contributed by atoms with E-state index in [1.165, 1.54) is 13.0 Å². The lowest BCUT2D eigenvalue weighted by Crippen LogP contribution is -2.50. The molecule has 1 rings (SSSR count). The molecule has 3 nitrogen and oxygen atoms in total. The van der Waals surface area contributed by atoms with E-state index in [2.05, 4.69) is 5.32 Å². The van der Waals surface area contributed by atoms with E-state index in [9.17, 15) is 13.6 Å². The Balaban J connectivity index is 3.25. The van der Waals surface area contributed by atoms with Crippen LogP contribution in [0.25, 0.3) is 0 Å². The van der Waals surface area contributed by atoms with Gasteiger partial charge in [0.25, 0.3) is 0 Å². The van der Waals surface area contributed by atoms with Crippen molar-refractivity contribution in [3.05, 3.63) is 35.4 Å².